The van der Waals surface area contributed by atoms with E-state index in [0.29, 0.717) is 6.54 Å². The molecule has 0 saturated carbocycles. The van der Waals surface area contributed by atoms with E-state index < -0.39 is 6.43 Å². The zero-order valence-corrected chi connectivity index (χ0v) is 5.27. The zero-order chi connectivity index (χ0) is 6.57. The van der Waals surface area contributed by atoms with Gasteiger partial charge in [-0.2, -0.15) is 0 Å². The second kappa shape index (κ2) is 3.72. The Bertz CT molecular complexity index is 84.1. The highest BCUT2D eigenvalue weighted by Gasteiger charge is 2.06. The van der Waals surface area contributed by atoms with Gasteiger partial charge in [0.15, 0.2) is 0 Å². The van der Waals surface area contributed by atoms with Gasteiger partial charge in [0.25, 0.3) is 6.43 Å². The summed E-state index contributed by atoms with van der Waals surface area (Å²) in [6, 6.07) is 0. The summed E-state index contributed by atoms with van der Waals surface area (Å²) < 4.78 is 22.8. The van der Waals surface area contributed by atoms with Crippen molar-refractivity contribution in [2.24, 2.45) is 0 Å². The molecule has 0 rings (SSSR count). The summed E-state index contributed by atoms with van der Waals surface area (Å²) in [7, 11) is 0. The van der Waals surface area contributed by atoms with E-state index in [1.54, 1.807) is 6.92 Å². The van der Waals surface area contributed by atoms with Crippen molar-refractivity contribution in [2.75, 3.05) is 6.54 Å². The van der Waals surface area contributed by atoms with Crippen LogP contribution in [0, 0.1) is 0 Å². The minimum Gasteiger partial charge on any atom is -0.375 e. The van der Waals surface area contributed by atoms with E-state index in [-0.39, 0.29) is 4.99 Å². The van der Waals surface area contributed by atoms with Crippen LogP contribution in [0.25, 0.3) is 0 Å². The average molecular weight is 139 g/mol. The second-order valence-corrected chi connectivity index (χ2v) is 1.64. The molecule has 1 N–H and O–H groups in total. The Morgan fingerprint density at radius 1 is 1.75 bits per heavy atom. The van der Waals surface area contributed by atoms with Gasteiger partial charge < -0.3 is 5.32 Å². The summed E-state index contributed by atoms with van der Waals surface area (Å²) in [4.78, 5) is -0.368. The van der Waals surface area contributed by atoms with Crippen LogP contribution in [0.4, 0.5) is 8.78 Å². The van der Waals surface area contributed by atoms with Gasteiger partial charge in [-0.25, -0.2) is 8.78 Å². The van der Waals surface area contributed by atoms with Crippen molar-refractivity contribution in [3.8, 4) is 0 Å². The number of hydrogen-bond donors (Lipinski definition) is 1. The van der Waals surface area contributed by atoms with Crippen LogP contribution in [0.2, 0.25) is 0 Å². The molecule has 1 nitrogen and oxygen atoms in total. The molecule has 48 valence electrons. The lowest BCUT2D eigenvalue weighted by atomic mass is 10.6. The molecule has 4 heteroatoms. The van der Waals surface area contributed by atoms with Crippen molar-refractivity contribution in [1.29, 1.82) is 0 Å². The molecule has 8 heavy (non-hydrogen) atoms. The summed E-state index contributed by atoms with van der Waals surface area (Å²) in [5.74, 6) is 0. The number of hydrogen-bond acceptors (Lipinski definition) is 1. The molecule has 0 aromatic heterocycles. The van der Waals surface area contributed by atoms with E-state index >= 15 is 0 Å². The smallest absolute Gasteiger partial charge is 0.288 e. The fraction of sp³-hybridized carbons (Fsp3) is 0.750. The van der Waals surface area contributed by atoms with Crippen LogP contribution in [-0.4, -0.2) is 18.0 Å². The molecule has 0 amide bonds. The van der Waals surface area contributed by atoms with Crippen LogP contribution in [0.15, 0.2) is 0 Å². The molecule has 0 radical (unpaired) electrons. The normalized spacial score (nSPS) is 9.50. The standard InChI is InChI=1S/C4H7F2NS/c1-2-7-4(8)3(5)6/h3H,2H2,1H3,(H,7,8). The van der Waals surface area contributed by atoms with Gasteiger partial charge in [-0.15, -0.1) is 0 Å². The molecule has 0 fully saturated rings. The Morgan fingerprint density at radius 3 is 2.38 bits per heavy atom. The summed E-state index contributed by atoms with van der Waals surface area (Å²) >= 11 is 4.22. The molecule has 0 aromatic rings. The first-order valence-electron chi connectivity index (χ1n) is 2.24. The van der Waals surface area contributed by atoms with Gasteiger partial charge in [0.1, 0.15) is 4.99 Å². The van der Waals surface area contributed by atoms with Crippen molar-refractivity contribution < 1.29 is 8.78 Å². The van der Waals surface area contributed by atoms with E-state index in [0.717, 1.165) is 0 Å². The minimum absolute atomic E-state index is 0.368. The molecule has 0 saturated heterocycles. The Labute approximate surface area is 52.1 Å². The first-order chi connectivity index (χ1) is 3.68. The molecule has 0 aliphatic carbocycles. The number of thiocarbonyl (C=S) groups is 1. The molecule has 0 aliphatic heterocycles. The van der Waals surface area contributed by atoms with Gasteiger partial charge in [-0.05, 0) is 6.92 Å². The fourth-order valence-corrected chi connectivity index (χ4v) is 0.396. The predicted octanol–water partition coefficient (Wildman–Crippen LogP) is 1.19. The van der Waals surface area contributed by atoms with Gasteiger partial charge in [0.2, 0.25) is 0 Å². The van der Waals surface area contributed by atoms with E-state index in [1.165, 1.54) is 0 Å². The van der Waals surface area contributed by atoms with Crippen LogP contribution in [0.1, 0.15) is 6.92 Å². The molecule has 0 heterocycles. The minimum atomic E-state index is -2.51. The number of alkyl halides is 2. The third kappa shape index (κ3) is 2.85. The van der Waals surface area contributed by atoms with E-state index in [2.05, 4.69) is 17.5 Å². The maximum atomic E-state index is 11.4. The predicted molar refractivity (Wildman–Crippen MR) is 32.3 cm³/mol. The lowest BCUT2D eigenvalue weighted by Gasteiger charge is -2.00. The van der Waals surface area contributed by atoms with Gasteiger partial charge in [-0.1, -0.05) is 12.2 Å². The summed E-state index contributed by atoms with van der Waals surface area (Å²) in [6.07, 6.45) is -2.51. The van der Waals surface area contributed by atoms with Crippen molar-refractivity contribution in [3.05, 3.63) is 0 Å². The number of nitrogens with one attached hydrogen (secondary N) is 1. The van der Waals surface area contributed by atoms with Gasteiger partial charge in [0.05, 0.1) is 0 Å². The van der Waals surface area contributed by atoms with Crippen molar-refractivity contribution in [3.63, 3.8) is 0 Å². The molecule has 0 atom stereocenters. The quantitative estimate of drug-likeness (QED) is 0.577. The largest absolute Gasteiger partial charge is 0.375 e. The summed E-state index contributed by atoms with van der Waals surface area (Å²) in [5.41, 5.74) is 0. The lowest BCUT2D eigenvalue weighted by molar-refractivity contribution is 0.224. The van der Waals surface area contributed by atoms with Crippen molar-refractivity contribution >= 4 is 17.2 Å². The molecular formula is C4H7F2NS. The number of halogens is 2. The first-order valence-corrected chi connectivity index (χ1v) is 2.65. The Balaban J connectivity index is 3.33. The molecular weight excluding hydrogens is 132 g/mol. The highest BCUT2D eigenvalue weighted by Crippen LogP contribution is 1.92. The van der Waals surface area contributed by atoms with Crippen LogP contribution in [-0.2, 0) is 0 Å². The zero-order valence-electron chi connectivity index (χ0n) is 4.45. The SMILES string of the molecule is CCNC(=S)C(F)F. The van der Waals surface area contributed by atoms with E-state index in [9.17, 15) is 8.78 Å². The van der Waals surface area contributed by atoms with E-state index in [4.69, 9.17) is 0 Å². The van der Waals surface area contributed by atoms with Crippen LogP contribution < -0.4 is 5.32 Å². The topological polar surface area (TPSA) is 12.0 Å². The number of rotatable bonds is 2. The van der Waals surface area contributed by atoms with Gasteiger partial charge >= 0.3 is 0 Å². The van der Waals surface area contributed by atoms with Crippen LogP contribution in [0.5, 0.6) is 0 Å². The summed E-state index contributed by atoms with van der Waals surface area (Å²) in [5, 5.41) is 2.33. The highest BCUT2D eigenvalue weighted by molar-refractivity contribution is 7.80. The summed E-state index contributed by atoms with van der Waals surface area (Å²) in [6.45, 7) is 2.18. The maximum Gasteiger partial charge on any atom is 0.288 e. The fourth-order valence-electron chi connectivity index (χ4n) is 0.251. The maximum absolute atomic E-state index is 11.4. The third-order valence-electron chi connectivity index (χ3n) is 0.549. The Kier molecular flexibility index (Phi) is 3.60. The monoisotopic (exact) mass is 139 g/mol. The second-order valence-electron chi connectivity index (χ2n) is 1.20. The molecule has 0 aliphatic rings. The Hall–Kier alpha value is -0.250. The average Bonchev–Trinajstić information content (AvgIpc) is 1.67. The Morgan fingerprint density at radius 2 is 2.25 bits per heavy atom. The van der Waals surface area contributed by atoms with Crippen molar-refractivity contribution in [2.45, 2.75) is 13.3 Å². The highest BCUT2D eigenvalue weighted by atomic mass is 32.1. The van der Waals surface area contributed by atoms with Crippen LogP contribution >= 0.6 is 12.2 Å². The third-order valence-corrected chi connectivity index (χ3v) is 0.872. The van der Waals surface area contributed by atoms with Gasteiger partial charge in [-0.3, -0.25) is 0 Å². The van der Waals surface area contributed by atoms with Crippen LogP contribution in [0.3, 0.4) is 0 Å². The molecule has 0 aromatic carbocycles. The lowest BCUT2D eigenvalue weighted by Crippen LogP contribution is -2.26. The van der Waals surface area contributed by atoms with Crippen molar-refractivity contribution in [1.82, 2.24) is 5.32 Å². The van der Waals surface area contributed by atoms with E-state index in [1.807, 2.05) is 0 Å². The first kappa shape index (κ1) is 7.75. The van der Waals surface area contributed by atoms with Gasteiger partial charge in [0, 0.05) is 6.54 Å². The molecule has 0 spiro atoms. The molecule has 0 unspecified atom stereocenters. The molecule has 0 bridgehead atoms.